The average molecular weight is 257 g/mol. The minimum absolute atomic E-state index is 0.232. The Morgan fingerprint density at radius 3 is 2.56 bits per heavy atom. The van der Waals surface area contributed by atoms with E-state index in [9.17, 15) is 5.11 Å². The van der Waals surface area contributed by atoms with Crippen molar-refractivity contribution in [2.24, 2.45) is 17.1 Å². The highest BCUT2D eigenvalue weighted by atomic mass is 16.3. The molecule has 0 aromatic heterocycles. The van der Waals surface area contributed by atoms with Gasteiger partial charge < -0.3 is 21.1 Å². The molecule has 0 aromatic rings. The summed E-state index contributed by atoms with van der Waals surface area (Å²) in [6.45, 7) is 13.3. The number of rotatable bonds is 5. The zero-order valence-corrected chi connectivity index (χ0v) is 12.4. The van der Waals surface area contributed by atoms with Crippen LogP contribution in [0.5, 0.6) is 0 Å². The van der Waals surface area contributed by atoms with Crippen molar-refractivity contribution in [1.29, 1.82) is 0 Å². The summed E-state index contributed by atoms with van der Waals surface area (Å²) in [4.78, 5) is 2.38. The number of nitrogens with one attached hydrogen (secondary N) is 1. The molecule has 0 radical (unpaired) electrons. The Bertz CT molecular complexity index is 238. The number of likely N-dealkylation sites (tertiary alicyclic amines) is 1. The highest BCUT2D eigenvalue weighted by Crippen LogP contribution is 2.21. The average Bonchev–Trinajstić information content (AvgIpc) is 2.25. The first-order valence-corrected chi connectivity index (χ1v) is 7.15. The summed E-state index contributed by atoms with van der Waals surface area (Å²) in [5.41, 5.74) is 5.95. The topological polar surface area (TPSA) is 61.5 Å². The Balaban J connectivity index is 2.50. The van der Waals surface area contributed by atoms with E-state index in [0.29, 0.717) is 23.9 Å². The molecule has 18 heavy (non-hydrogen) atoms. The molecule has 1 saturated heterocycles. The van der Waals surface area contributed by atoms with Crippen molar-refractivity contribution in [3.05, 3.63) is 0 Å². The summed E-state index contributed by atoms with van der Waals surface area (Å²) in [6, 6.07) is 0.476. The molecule has 1 aliphatic rings. The van der Waals surface area contributed by atoms with Crippen LogP contribution in [0, 0.1) is 11.3 Å². The summed E-state index contributed by atoms with van der Waals surface area (Å²) in [5.74, 6) is 0.364. The van der Waals surface area contributed by atoms with Gasteiger partial charge in [-0.1, -0.05) is 20.8 Å². The SMILES string of the molecule is CC(O)C1CC(NCC(C)(C)C)CN(CCN)C1. The van der Waals surface area contributed by atoms with Gasteiger partial charge in [-0.15, -0.1) is 0 Å². The first-order valence-electron chi connectivity index (χ1n) is 7.15. The predicted octanol–water partition coefficient (Wildman–Crippen LogP) is 0.652. The van der Waals surface area contributed by atoms with Crippen molar-refractivity contribution < 1.29 is 5.11 Å². The van der Waals surface area contributed by atoms with Gasteiger partial charge in [-0.2, -0.15) is 0 Å². The van der Waals surface area contributed by atoms with Crippen LogP contribution >= 0.6 is 0 Å². The fraction of sp³-hybridized carbons (Fsp3) is 1.00. The van der Waals surface area contributed by atoms with Crippen molar-refractivity contribution in [1.82, 2.24) is 10.2 Å². The number of hydrogen-bond acceptors (Lipinski definition) is 4. The summed E-state index contributed by atoms with van der Waals surface area (Å²) in [5, 5.41) is 13.5. The second-order valence-corrected chi connectivity index (χ2v) is 6.92. The van der Waals surface area contributed by atoms with E-state index in [1.165, 1.54) is 0 Å². The van der Waals surface area contributed by atoms with Gasteiger partial charge in [0.2, 0.25) is 0 Å². The van der Waals surface area contributed by atoms with E-state index in [0.717, 1.165) is 32.6 Å². The smallest absolute Gasteiger partial charge is 0.0553 e. The summed E-state index contributed by atoms with van der Waals surface area (Å²) in [7, 11) is 0. The molecule has 0 bridgehead atoms. The first-order chi connectivity index (χ1) is 8.31. The lowest BCUT2D eigenvalue weighted by Crippen LogP contribution is -2.53. The normalized spacial score (nSPS) is 28.3. The maximum absolute atomic E-state index is 9.82. The minimum atomic E-state index is -0.232. The van der Waals surface area contributed by atoms with Gasteiger partial charge in [0, 0.05) is 38.8 Å². The maximum atomic E-state index is 9.82. The number of nitrogens with two attached hydrogens (primary N) is 1. The van der Waals surface area contributed by atoms with Crippen molar-refractivity contribution in [2.75, 3.05) is 32.7 Å². The number of nitrogens with zero attached hydrogens (tertiary/aromatic N) is 1. The second-order valence-electron chi connectivity index (χ2n) is 6.92. The van der Waals surface area contributed by atoms with E-state index in [1.54, 1.807) is 0 Å². The lowest BCUT2D eigenvalue weighted by molar-refractivity contribution is 0.0477. The molecule has 1 fully saturated rings. The molecule has 1 rings (SSSR count). The Hall–Kier alpha value is -0.160. The largest absolute Gasteiger partial charge is 0.393 e. The molecule has 1 heterocycles. The maximum Gasteiger partial charge on any atom is 0.0553 e. The van der Waals surface area contributed by atoms with Crippen LogP contribution in [-0.2, 0) is 0 Å². The summed E-state index contributed by atoms with van der Waals surface area (Å²) >= 11 is 0. The van der Waals surface area contributed by atoms with Crippen LogP contribution in [0.15, 0.2) is 0 Å². The highest BCUT2D eigenvalue weighted by molar-refractivity contribution is 4.86. The summed E-state index contributed by atoms with van der Waals surface area (Å²) in [6.07, 6.45) is 0.832. The van der Waals surface area contributed by atoms with E-state index >= 15 is 0 Å². The molecular weight excluding hydrogens is 226 g/mol. The Kier molecular flexibility index (Phi) is 6.05. The molecule has 0 aromatic carbocycles. The highest BCUT2D eigenvalue weighted by Gasteiger charge is 2.29. The van der Waals surface area contributed by atoms with Crippen LogP contribution in [0.25, 0.3) is 0 Å². The van der Waals surface area contributed by atoms with Crippen molar-refractivity contribution in [3.63, 3.8) is 0 Å². The molecule has 108 valence electrons. The third-order valence-corrected chi connectivity index (χ3v) is 3.61. The van der Waals surface area contributed by atoms with Crippen LogP contribution in [0.3, 0.4) is 0 Å². The van der Waals surface area contributed by atoms with Gasteiger partial charge in [-0.3, -0.25) is 0 Å². The molecule has 1 aliphatic heterocycles. The van der Waals surface area contributed by atoms with E-state index in [1.807, 2.05) is 6.92 Å². The Labute approximate surface area is 112 Å². The fourth-order valence-corrected chi connectivity index (χ4v) is 2.55. The van der Waals surface area contributed by atoms with Gasteiger partial charge in [0.05, 0.1) is 6.10 Å². The van der Waals surface area contributed by atoms with Crippen molar-refractivity contribution in [2.45, 2.75) is 46.3 Å². The number of piperidine rings is 1. The molecule has 0 amide bonds. The fourth-order valence-electron chi connectivity index (χ4n) is 2.55. The van der Waals surface area contributed by atoms with Crippen LogP contribution in [0.1, 0.15) is 34.1 Å². The monoisotopic (exact) mass is 257 g/mol. The van der Waals surface area contributed by atoms with E-state index in [-0.39, 0.29) is 6.10 Å². The van der Waals surface area contributed by atoms with Gasteiger partial charge in [0.1, 0.15) is 0 Å². The Morgan fingerprint density at radius 1 is 1.39 bits per heavy atom. The summed E-state index contributed by atoms with van der Waals surface area (Å²) < 4.78 is 0. The zero-order valence-electron chi connectivity index (χ0n) is 12.4. The zero-order chi connectivity index (χ0) is 13.8. The predicted molar refractivity (Wildman–Crippen MR) is 76.5 cm³/mol. The number of aliphatic hydroxyl groups is 1. The van der Waals surface area contributed by atoms with E-state index < -0.39 is 0 Å². The Morgan fingerprint density at radius 2 is 2.06 bits per heavy atom. The quantitative estimate of drug-likeness (QED) is 0.677. The lowest BCUT2D eigenvalue weighted by atomic mass is 9.89. The molecule has 4 nitrogen and oxygen atoms in total. The van der Waals surface area contributed by atoms with Crippen LogP contribution in [0.4, 0.5) is 0 Å². The van der Waals surface area contributed by atoms with E-state index in [4.69, 9.17) is 5.73 Å². The van der Waals surface area contributed by atoms with Crippen LogP contribution in [0.2, 0.25) is 0 Å². The molecule has 3 unspecified atom stereocenters. The van der Waals surface area contributed by atoms with Gasteiger partial charge in [0.15, 0.2) is 0 Å². The third kappa shape index (κ3) is 5.65. The molecule has 3 atom stereocenters. The molecule has 4 N–H and O–H groups in total. The van der Waals surface area contributed by atoms with Gasteiger partial charge in [-0.05, 0) is 24.7 Å². The molecule has 0 spiro atoms. The van der Waals surface area contributed by atoms with Crippen LogP contribution < -0.4 is 11.1 Å². The second kappa shape index (κ2) is 6.85. The molecule has 0 saturated carbocycles. The van der Waals surface area contributed by atoms with Crippen molar-refractivity contribution >= 4 is 0 Å². The van der Waals surface area contributed by atoms with Gasteiger partial charge in [-0.25, -0.2) is 0 Å². The van der Waals surface area contributed by atoms with Crippen LogP contribution in [-0.4, -0.2) is 54.9 Å². The lowest BCUT2D eigenvalue weighted by Gasteiger charge is -2.40. The number of aliphatic hydroxyl groups excluding tert-OH is 1. The molecule has 0 aliphatic carbocycles. The molecule has 4 heteroatoms. The van der Waals surface area contributed by atoms with Gasteiger partial charge in [0.25, 0.3) is 0 Å². The third-order valence-electron chi connectivity index (χ3n) is 3.61. The van der Waals surface area contributed by atoms with E-state index in [2.05, 4.69) is 31.0 Å². The standard InChI is InChI=1S/C14H31N3O/c1-11(18)12-7-13(16-10-14(2,3)4)9-17(8-12)6-5-15/h11-13,16,18H,5-10,15H2,1-4H3. The van der Waals surface area contributed by atoms with Crippen molar-refractivity contribution in [3.8, 4) is 0 Å². The first kappa shape index (κ1) is 15.9. The molecular formula is C14H31N3O. The number of hydrogen-bond donors (Lipinski definition) is 3. The minimum Gasteiger partial charge on any atom is -0.393 e. The van der Waals surface area contributed by atoms with Gasteiger partial charge >= 0.3 is 0 Å².